The van der Waals surface area contributed by atoms with Crippen molar-refractivity contribution >= 4 is 11.6 Å². The van der Waals surface area contributed by atoms with E-state index < -0.39 is 36.0 Å². The van der Waals surface area contributed by atoms with Crippen LogP contribution in [0.4, 0.5) is 26.3 Å². The fraction of sp³-hybridized carbons (Fsp3) is 0.364. The van der Waals surface area contributed by atoms with Gasteiger partial charge >= 0.3 is 6.18 Å². The summed E-state index contributed by atoms with van der Waals surface area (Å²) in [6.07, 6.45) is -4.41. The molecule has 0 spiro atoms. The van der Waals surface area contributed by atoms with Gasteiger partial charge in [-0.25, -0.2) is 18.2 Å². The number of halogens is 7. The molecule has 3 aromatic rings. The average Bonchev–Trinajstić information content (AvgIpc) is 3.33. The molecule has 0 bridgehead atoms. The number of benzene rings is 1. The van der Waals surface area contributed by atoms with Gasteiger partial charge < -0.3 is 14.5 Å². The van der Waals surface area contributed by atoms with E-state index in [1.165, 1.54) is 19.2 Å². The number of pyridine rings is 1. The molecule has 0 radical (unpaired) electrons. The molecule has 2 aromatic heterocycles. The summed E-state index contributed by atoms with van der Waals surface area (Å²) in [5.74, 6) is -3.45. The Bertz CT molecular complexity index is 1200. The van der Waals surface area contributed by atoms with Gasteiger partial charge in [0.15, 0.2) is 0 Å². The lowest BCUT2D eigenvalue weighted by Crippen LogP contribution is -2.09. The van der Waals surface area contributed by atoms with E-state index in [9.17, 15) is 26.3 Å². The molecule has 1 aliphatic carbocycles. The van der Waals surface area contributed by atoms with Crippen LogP contribution in [0, 0.1) is 5.82 Å². The third kappa shape index (κ3) is 5.08. The van der Waals surface area contributed by atoms with E-state index in [2.05, 4.69) is 15.0 Å². The second kappa shape index (κ2) is 9.01. The molecule has 0 amide bonds. The van der Waals surface area contributed by atoms with Crippen LogP contribution in [0.5, 0.6) is 11.5 Å². The first-order valence-electron chi connectivity index (χ1n) is 10.1. The smallest absolute Gasteiger partial charge is 0.417 e. The topological polar surface area (TPSA) is 60.0 Å². The van der Waals surface area contributed by atoms with Crippen LogP contribution in [-0.4, -0.2) is 28.0 Å². The Hall–Kier alpha value is -2.95. The van der Waals surface area contributed by atoms with E-state index in [4.69, 9.17) is 21.1 Å². The predicted molar refractivity (Wildman–Crippen MR) is 111 cm³/mol. The number of alkyl halides is 5. The fourth-order valence-corrected chi connectivity index (χ4v) is 4.00. The lowest BCUT2D eigenvalue weighted by Gasteiger charge is -2.12. The maximum atomic E-state index is 14.0. The van der Waals surface area contributed by atoms with Crippen molar-refractivity contribution in [1.82, 2.24) is 15.0 Å². The first-order valence-corrected chi connectivity index (χ1v) is 10.5. The van der Waals surface area contributed by atoms with Crippen molar-refractivity contribution < 1.29 is 35.8 Å². The molecule has 1 aromatic carbocycles. The Kier molecular flexibility index (Phi) is 6.41. The highest BCUT2D eigenvalue weighted by molar-refractivity contribution is 6.32. The molecule has 1 aliphatic rings. The normalized spacial score (nSPS) is 17.7. The highest BCUT2D eigenvalue weighted by atomic mass is 35.5. The molecule has 0 aliphatic heterocycles. The van der Waals surface area contributed by atoms with Crippen molar-refractivity contribution in [3.63, 3.8) is 0 Å². The van der Waals surface area contributed by atoms with E-state index in [1.54, 1.807) is 6.07 Å². The molecule has 1 fully saturated rings. The van der Waals surface area contributed by atoms with Gasteiger partial charge in [0.2, 0.25) is 5.92 Å². The molecule has 182 valence electrons. The Morgan fingerprint density at radius 2 is 2.00 bits per heavy atom. The van der Waals surface area contributed by atoms with Gasteiger partial charge in [0.05, 0.1) is 12.7 Å². The maximum Gasteiger partial charge on any atom is 0.417 e. The first kappa shape index (κ1) is 24.2. The number of ether oxygens (including phenoxy) is 2. The molecule has 5 nitrogen and oxygen atoms in total. The molecule has 1 N–H and O–H groups in total. The highest BCUT2D eigenvalue weighted by Crippen LogP contribution is 2.45. The van der Waals surface area contributed by atoms with E-state index in [0.29, 0.717) is 29.3 Å². The summed E-state index contributed by atoms with van der Waals surface area (Å²) in [6, 6.07) is 4.90. The summed E-state index contributed by atoms with van der Waals surface area (Å²) in [7, 11) is 1.39. The fourth-order valence-electron chi connectivity index (χ4n) is 3.76. The average molecular weight is 506 g/mol. The van der Waals surface area contributed by atoms with Gasteiger partial charge in [-0.3, -0.25) is 4.98 Å². The Morgan fingerprint density at radius 1 is 1.24 bits per heavy atom. The quantitative estimate of drug-likeness (QED) is 0.375. The van der Waals surface area contributed by atoms with Crippen molar-refractivity contribution in [2.75, 3.05) is 7.11 Å². The second-order valence-electron chi connectivity index (χ2n) is 7.88. The third-order valence-corrected chi connectivity index (χ3v) is 5.79. The standard InChI is InChI=1S/C22H18ClF6N3O2/c1-33-17-7-13(34-10-16-15(24)6-12(9-30-16)22(27,28)29)2-3-14(17)18-19(23)32-20(31-18)11-4-5-21(25,26)8-11/h2-3,6-7,9,11H,4-5,8,10H2,1H3,(H,31,32). The van der Waals surface area contributed by atoms with Gasteiger partial charge in [-0.2, -0.15) is 13.2 Å². The predicted octanol–water partition coefficient (Wildman–Crippen LogP) is 6.77. The minimum atomic E-state index is -4.71. The summed E-state index contributed by atoms with van der Waals surface area (Å²) in [5.41, 5.74) is -0.725. The van der Waals surface area contributed by atoms with E-state index >= 15 is 0 Å². The molecule has 1 atom stereocenters. The van der Waals surface area contributed by atoms with Crippen molar-refractivity contribution in [2.45, 2.75) is 43.9 Å². The molecule has 12 heteroatoms. The zero-order valence-electron chi connectivity index (χ0n) is 17.6. The van der Waals surface area contributed by atoms with Gasteiger partial charge in [-0.15, -0.1) is 0 Å². The number of hydrogen-bond acceptors (Lipinski definition) is 4. The molecule has 4 rings (SSSR count). The van der Waals surface area contributed by atoms with Gasteiger partial charge in [-0.05, 0) is 24.6 Å². The summed E-state index contributed by atoms with van der Waals surface area (Å²) in [6.45, 7) is -0.421. The number of H-pyrrole nitrogens is 1. The van der Waals surface area contributed by atoms with Crippen LogP contribution < -0.4 is 9.47 Å². The largest absolute Gasteiger partial charge is 0.496 e. The summed E-state index contributed by atoms with van der Waals surface area (Å²) in [4.78, 5) is 10.8. The first-order chi connectivity index (χ1) is 16.0. The lowest BCUT2D eigenvalue weighted by molar-refractivity contribution is -0.138. The van der Waals surface area contributed by atoms with Crippen molar-refractivity contribution in [3.05, 3.63) is 58.5 Å². The van der Waals surface area contributed by atoms with Crippen LogP contribution in [0.3, 0.4) is 0 Å². The molecule has 1 unspecified atom stereocenters. The van der Waals surface area contributed by atoms with Crippen LogP contribution in [0.25, 0.3) is 11.3 Å². The Morgan fingerprint density at radius 3 is 2.62 bits per heavy atom. The number of rotatable bonds is 6. The van der Waals surface area contributed by atoms with E-state index in [1.807, 2.05) is 0 Å². The zero-order valence-corrected chi connectivity index (χ0v) is 18.4. The minimum absolute atomic E-state index is 0.160. The third-order valence-electron chi connectivity index (χ3n) is 5.52. The summed E-state index contributed by atoms with van der Waals surface area (Å²) in [5, 5.41) is 0.160. The monoisotopic (exact) mass is 505 g/mol. The molecule has 0 saturated heterocycles. The van der Waals surface area contributed by atoms with Crippen LogP contribution in [-0.2, 0) is 12.8 Å². The highest BCUT2D eigenvalue weighted by Gasteiger charge is 2.41. The van der Waals surface area contributed by atoms with Crippen molar-refractivity contribution in [1.29, 1.82) is 0 Å². The molecule has 1 saturated carbocycles. The zero-order chi connectivity index (χ0) is 24.7. The Labute approximate surface area is 195 Å². The van der Waals surface area contributed by atoms with Gasteiger partial charge in [0.25, 0.3) is 0 Å². The summed E-state index contributed by atoms with van der Waals surface area (Å²) >= 11 is 6.28. The number of nitrogens with one attached hydrogen (secondary N) is 1. The van der Waals surface area contributed by atoms with Gasteiger partial charge in [0, 0.05) is 36.6 Å². The van der Waals surface area contributed by atoms with Gasteiger partial charge in [0.1, 0.15) is 46.3 Å². The Balaban J connectivity index is 1.52. The molecular weight excluding hydrogens is 488 g/mol. The van der Waals surface area contributed by atoms with Crippen LogP contribution in [0.15, 0.2) is 30.5 Å². The molecule has 34 heavy (non-hydrogen) atoms. The number of hydrogen-bond donors (Lipinski definition) is 1. The number of aromatic nitrogens is 3. The number of aromatic amines is 1. The minimum Gasteiger partial charge on any atom is -0.496 e. The van der Waals surface area contributed by atoms with Crippen molar-refractivity contribution in [2.24, 2.45) is 0 Å². The number of nitrogens with zero attached hydrogens (tertiary/aromatic N) is 2. The molecule has 2 heterocycles. The second-order valence-corrected chi connectivity index (χ2v) is 8.26. The van der Waals surface area contributed by atoms with E-state index in [0.717, 1.165) is 0 Å². The molecular formula is C22H18ClF6N3O2. The van der Waals surface area contributed by atoms with E-state index in [-0.39, 0.29) is 41.6 Å². The van der Waals surface area contributed by atoms with Crippen molar-refractivity contribution in [3.8, 4) is 22.8 Å². The summed E-state index contributed by atoms with van der Waals surface area (Å²) < 4.78 is 90.0. The number of imidazole rings is 1. The number of methoxy groups -OCH3 is 1. The van der Waals surface area contributed by atoms with Gasteiger partial charge in [-0.1, -0.05) is 11.6 Å². The van der Waals surface area contributed by atoms with Crippen LogP contribution in [0.2, 0.25) is 5.15 Å². The SMILES string of the molecule is COc1cc(OCc2ncc(C(F)(F)F)cc2F)ccc1-c1nc(C2CCC(F)(F)C2)[nH]c1Cl. The van der Waals surface area contributed by atoms with Crippen LogP contribution in [0.1, 0.15) is 42.3 Å². The maximum absolute atomic E-state index is 14.0. The lowest BCUT2D eigenvalue weighted by atomic mass is 10.1. The van der Waals surface area contributed by atoms with Crippen LogP contribution >= 0.6 is 11.6 Å².